The summed E-state index contributed by atoms with van der Waals surface area (Å²) in [6.07, 6.45) is 2.10. The SMILES string of the molecule is Cc1ccc(N2C(=O)C(=Cc3c4ccccc4cc4ccccc34)SC2c2ccccc2)cc1. The lowest BCUT2D eigenvalue weighted by Gasteiger charge is -2.23. The molecule has 1 aliphatic rings. The Morgan fingerprint density at radius 1 is 0.735 bits per heavy atom. The van der Waals surface area contributed by atoms with E-state index in [1.165, 1.54) is 16.3 Å². The Morgan fingerprint density at radius 3 is 1.97 bits per heavy atom. The Morgan fingerprint density at radius 2 is 1.32 bits per heavy atom. The third kappa shape index (κ3) is 3.59. The van der Waals surface area contributed by atoms with E-state index < -0.39 is 0 Å². The molecule has 5 aromatic carbocycles. The number of anilines is 1. The van der Waals surface area contributed by atoms with Crippen molar-refractivity contribution < 1.29 is 4.79 Å². The first kappa shape index (κ1) is 20.8. The van der Waals surface area contributed by atoms with Crippen LogP contribution in [0.15, 0.2) is 114 Å². The second-order valence-corrected chi connectivity index (χ2v) is 9.75. The molecular formula is C31H23NOS. The molecule has 1 unspecified atom stereocenters. The van der Waals surface area contributed by atoms with Crippen LogP contribution in [-0.2, 0) is 4.79 Å². The maximum absolute atomic E-state index is 13.9. The first-order valence-electron chi connectivity index (χ1n) is 11.4. The van der Waals surface area contributed by atoms with Crippen molar-refractivity contribution in [1.82, 2.24) is 0 Å². The molecule has 164 valence electrons. The summed E-state index contributed by atoms with van der Waals surface area (Å²) in [4.78, 5) is 16.6. The number of fused-ring (bicyclic) bond motifs is 2. The molecule has 1 heterocycles. The van der Waals surface area contributed by atoms with Crippen molar-refractivity contribution in [3.05, 3.63) is 131 Å². The van der Waals surface area contributed by atoms with Crippen molar-refractivity contribution >= 4 is 51.0 Å². The molecule has 5 aromatic rings. The molecule has 0 aliphatic carbocycles. The molecule has 6 rings (SSSR count). The lowest BCUT2D eigenvalue weighted by molar-refractivity contribution is -0.114. The number of carbonyl (C=O) groups is 1. The van der Waals surface area contributed by atoms with Crippen molar-refractivity contribution in [3.8, 4) is 0 Å². The topological polar surface area (TPSA) is 20.3 Å². The summed E-state index contributed by atoms with van der Waals surface area (Å²) in [6.45, 7) is 2.07. The van der Waals surface area contributed by atoms with E-state index in [4.69, 9.17) is 0 Å². The fourth-order valence-corrected chi connectivity index (χ4v) is 5.91. The highest BCUT2D eigenvalue weighted by molar-refractivity contribution is 8.05. The van der Waals surface area contributed by atoms with Crippen LogP contribution in [0.4, 0.5) is 5.69 Å². The van der Waals surface area contributed by atoms with E-state index in [0.29, 0.717) is 0 Å². The molecule has 34 heavy (non-hydrogen) atoms. The molecular weight excluding hydrogens is 434 g/mol. The Bertz CT molecular complexity index is 1500. The smallest absolute Gasteiger partial charge is 0.266 e. The summed E-state index contributed by atoms with van der Waals surface area (Å²) in [6, 6.07) is 37.5. The van der Waals surface area contributed by atoms with Crippen LogP contribution in [-0.4, -0.2) is 5.91 Å². The Labute approximate surface area is 203 Å². The monoisotopic (exact) mass is 457 g/mol. The molecule has 3 heteroatoms. The largest absolute Gasteiger partial charge is 0.291 e. The van der Waals surface area contributed by atoms with Gasteiger partial charge < -0.3 is 0 Å². The summed E-state index contributed by atoms with van der Waals surface area (Å²) in [5.41, 5.74) is 4.31. The minimum Gasteiger partial charge on any atom is -0.291 e. The number of aryl methyl sites for hydroxylation is 1. The van der Waals surface area contributed by atoms with Crippen LogP contribution >= 0.6 is 11.8 Å². The summed E-state index contributed by atoms with van der Waals surface area (Å²) in [5, 5.41) is 4.57. The summed E-state index contributed by atoms with van der Waals surface area (Å²) < 4.78 is 0. The Kier molecular flexibility index (Phi) is 5.20. The first-order valence-corrected chi connectivity index (χ1v) is 12.3. The minimum absolute atomic E-state index is 0.0414. The lowest BCUT2D eigenvalue weighted by Crippen LogP contribution is -2.27. The minimum atomic E-state index is -0.108. The number of benzene rings is 5. The molecule has 1 amide bonds. The molecule has 0 radical (unpaired) electrons. The van der Waals surface area contributed by atoms with Gasteiger partial charge in [0.15, 0.2) is 0 Å². The van der Waals surface area contributed by atoms with Gasteiger partial charge in [-0.05, 0) is 63.9 Å². The van der Waals surface area contributed by atoms with E-state index in [0.717, 1.165) is 32.5 Å². The van der Waals surface area contributed by atoms with Gasteiger partial charge in [0.1, 0.15) is 5.37 Å². The van der Waals surface area contributed by atoms with Crippen LogP contribution in [0.25, 0.3) is 27.6 Å². The second kappa shape index (κ2) is 8.51. The van der Waals surface area contributed by atoms with Crippen LogP contribution in [0.3, 0.4) is 0 Å². The molecule has 0 bridgehead atoms. The van der Waals surface area contributed by atoms with Crippen LogP contribution in [0.1, 0.15) is 22.1 Å². The molecule has 0 aromatic heterocycles. The van der Waals surface area contributed by atoms with Gasteiger partial charge in [0.25, 0.3) is 5.91 Å². The van der Waals surface area contributed by atoms with E-state index in [1.54, 1.807) is 11.8 Å². The van der Waals surface area contributed by atoms with E-state index in [2.05, 4.69) is 91.9 Å². The zero-order valence-electron chi connectivity index (χ0n) is 18.8. The second-order valence-electron chi connectivity index (χ2n) is 8.63. The average molecular weight is 458 g/mol. The number of amides is 1. The molecule has 1 fully saturated rings. The summed E-state index contributed by atoms with van der Waals surface area (Å²) in [7, 11) is 0. The van der Waals surface area contributed by atoms with Crippen molar-refractivity contribution in [2.75, 3.05) is 4.90 Å². The number of hydrogen-bond donors (Lipinski definition) is 0. The number of rotatable bonds is 3. The van der Waals surface area contributed by atoms with Crippen LogP contribution in [0.5, 0.6) is 0 Å². The highest BCUT2D eigenvalue weighted by Gasteiger charge is 2.38. The first-order chi connectivity index (χ1) is 16.7. The quantitative estimate of drug-likeness (QED) is 0.201. The zero-order valence-corrected chi connectivity index (χ0v) is 19.6. The maximum Gasteiger partial charge on any atom is 0.266 e. The molecule has 0 N–H and O–H groups in total. The van der Waals surface area contributed by atoms with E-state index in [1.807, 2.05) is 35.2 Å². The van der Waals surface area contributed by atoms with Gasteiger partial charge in [-0.25, -0.2) is 0 Å². The van der Waals surface area contributed by atoms with Gasteiger partial charge in [0.2, 0.25) is 0 Å². The molecule has 0 saturated carbocycles. The molecule has 1 aliphatic heterocycles. The average Bonchev–Trinajstić information content (AvgIpc) is 3.20. The van der Waals surface area contributed by atoms with Gasteiger partial charge in [0, 0.05) is 5.69 Å². The van der Waals surface area contributed by atoms with Crippen LogP contribution in [0.2, 0.25) is 0 Å². The van der Waals surface area contributed by atoms with Gasteiger partial charge in [-0.1, -0.05) is 108 Å². The van der Waals surface area contributed by atoms with E-state index in [-0.39, 0.29) is 11.3 Å². The molecule has 1 atom stereocenters. The number of carbonyl (C=O) groups excluding carboxylic acids is 1. The van der Waals surface area contributed by atoms with Gasteiger partial charge in [0.05, 0.1) is 4.91 Å². The predicted octanol–water partition coefficient (Wildman–Crippen LogP) is 8.12. The number of hydrogen-bond acceptors (Lipinski definition) is 2. The van der Waals surface area contributed by atoms with Gasteiger partial charge in [-0.3, -0.25) is 9.69 Å². The fourth-order valence-electron chi connectivity index (χ4n) is 4.67. The third-order valence-corrected chi connectivity index (χ3v) is 7.64. The third-order valence-electron chi connectivity index (χ3n) is 6.39. The predicted molar refractivity (Wildman–Crippen MR) is 145 cm³/mol. The molecule has 2 nitrogen and oxygen atoms in total. The standard InChI is InChI=1S/C31H23NOS/c1-21-15-17-25(18-16-21)32-30(33)29(34-31(32)22-9-3-2-4-10-22)20-28-26-13-7-5-11-23(26)19-24-12-6-8-14-27(24)28/h2-20,31H,1H3. The highest BCUT2D eigenvalue weighted by Crippen LogP contribution is 2.49. The highest BCUT2D eigenvalue weighted by atomic mass is 32.2. The maximum atomic E-state index is 13.9. The van der Waals surface area contributed by atoms with Crippen molar-refractivity contribution in [2.24, 2.45) is 0 Å². The van der Waals surface area contributed by atoms with Crippen LogP contribution < -0.4 is 4.90 Å². The normalized spacial score (nSPS) is 17.2. The van der Waals surface area contributed by atoms with Crippen molar-refractivity contribution in [3.63, 3.8) is 0 Å². The summed E-state index contributed by atoms with van der Waals surface area (Å²) >= 11 is 1.63. The number of nitrogens with zero attached hydrogens (tertiary/aromatic N) is 1. The van der Waals surface area contributed by atoms with E-state index >= 15 is 0 Å². The summed E-state index contributed by atoms with van der Waals surface area (Å²) in [5.74, 6) is 0.0414. The van der Waals surface area contributed by atoms with E-state index in [9.17, 15) is 4.79 Å². The zero-order chi connectivity index (χ0) is 23.1. The molecule has 0 spiro atoms. The lowest BCUT2D eigenvalue weighted by atomic mass is 9.96. The van der Waals surface area contributed by atoms with Gasteiger partial charge in [-0.2, -0.15) is 0 Å². The molecule has 1 saturated heterocycles. The Balaban J connectivity index is 1.54. The fraction of sp³-hybridized carbons (Fsp3) is 0.0645. The van der Waals surface area contributed by atoms with Crippen molar-refractivity contribution in [1.29, 1.82) is 0 Å². The Hall–Kier alpha value is -3.82. The van der Waals surface area contributed by atoms with Crippen LogP contribution in [0, 0.1) is 6.92 Å². The van der Waals surface area contributed by atoms with Crippen molar-refractivity contribution in [2.45, 2.75) is 12.3 Å². The van der Waals surface area contributed by atoms with Gasteiger partial charge >= 0.3 is 0 Å². The number of thioether (sulfide) groups is 1. The van der Waals surface area contributed by atoms with Gasteiger partial charge in [-0.15, -0.1) is 0 Å².